The van der Waals surface area contributed by atoms with Gasteiger partial charge < -0.3 is 25.8 Å². The lowest BCUT2D eigenvalue weighted by molar-refractivity contribution is -0.154. The van der Waals surface area contributed by atoms with Crippen molar-refractivity contribution in [2.75, 3.05) is 25.5 Å². The monoisotopic (exact) mass is 741 g/mol. The smallest absolute Gasteiger partial charge is 0.327 e. The van der Waals surface area contributed by atoms with Crippen LogP contribution in [0.25, 0.3) is 0 Å². The van der Waals surface area contributed by atoms with Crippen molar-refractivity contribution in [2.24, 2.45) is 5.41 Å². The molecule has 0 aliphatic rings. The van der Waals surface area contributed by atoms with Crippen molar-refractivity contribution in [3.63, 3.8) is 0 Å². The molecular weight excluding hydrogens is 709 g/mol. The van der Waals surface area contributed by atoms with Gasteiger partial charge in [0.25, 0.3) is 17.7 Å². The minimum atomic E-state index is -2.46. The van der Waals surface area contributed by atoms with Crippen LogP contribution in [0.5, 0.6) is 5.75 Å². The number of esters is 1. The number of nitrogens with two attached hydrogens (primary N) is 1. The molecule has 274 valence electrons. The Kier molecular flexibility index (Phi) is 13.3. The van der Waals surface area contributed by atoms with E-state index in [-0.39, 0.29) is 28.4 Å². The molecule has 0 fully saturated rings. The molecule has 5 N–H and O–H groups in total. The van der Waals surface area contributed by atoms with Crippen molar-refractivity contribution in [3.8, 4) is 5.75 Å². The van der Waals surface area contributed by atoms with Crippen molar-refractivity contribution in [3.05, 3.63) is 93.8 Å². The molecule has 0 aliphatic heterocycles. The molecule has 0 saturated carbocycles. The van der Waals surface area contributed by atoms with E-state index in [1.165, 1.54) is 49.4 Å². The number of hydrogen-bond acceptors (Lipinski definition) is 8. The molecule has 18 heteroatoms. The fourth-order valence-corrected chi connectivity index (χ4v) is 4.56. The third kappa shape index (κ3) is 10.1. The molecule has 3 rings (SSSR count). The third-order valence-corrected chi connectivity index (χ3v) is 7.32. The van der Waals surface area contributed by atoms with Gasteiger partial charge in [0.2, 0.25) is 35.0 Å². The van der Waals surface area contributed by atoms with E-state index in [0.717, 1.165) is 0 Å². The first-order valence-electron chi connectivity index (χ1n) is 15.0. The van der Waals surface area contributed by atoms with Gasteiger partial charge in [0.15, 0.2) is 12.4 Å². The lowest BCUT2D eigenvalue weighted by atomic mass is 9.85. The second-order valence-electron chi connectivity index (χ2n) is 11.8. The molecular formula is C33H33ClF5N5O7. The molecule has 3 aromatic carbocycles. The minimum Gasteiger partial charge on any atom is -0.477 e. The van der Waals surface area contributed by atoms with Crippen LogP contribution in [0.4, 0.5) is 27.6 Å². The maximum absolute atomic E-state index is 14.2. The van der Waals surface area contributed by atoms with Crippen LogP contribution in [0.3, 0.4) is 0 Å². The van der Waals surface area contributed by atoms with E-state index in [1.54, 1.807) is 26.8 Å². The van der Waals surface area contributed by atoms with E-state index in [0.29, 0.717) is 5.01 Å². The second-order valence-corrected chi connectivity index (χ2v) is 12.2. The molecule has 0 heterocycles. The summed E-state index contributed by atoms with van der Waals surface area (Å²) >= 11 is 6.04. The average molecular weight is 742 g/mol. The quantitative estimate of drug-likeness (QED) is 0.0537. The number of amides is 4. The van der Waals surface area contributed by atoms with Crippen molar-refractivity contribution < 1.29 is 55.4 Å². The first kappa shape index (κ1) is 40.0. The maximum atomic E-state index is 14.2. The molecule has 2 atom stereocenters. The molecule has 3 aromatic rings. The van der Waals surface area contributed by atoms with E-state index >= 15 is 0 Å². The largest absolute Gasteiger partial charge is 0.477 e. The number of ether oxygens (including phenoxy) is 2. The summed E-state index contributed by atoms with van der Waals surface area (Å²) in [5, 5.41) is 5.52. The van der Waals surface area contributed by atoms with Gasteiger partial charge in [0.05, 0.1) is 17.3 Å². The standard InChI is InChI=1S/C33H33ClF5N5O7/c1-5-50-21(46)14-44(20(45)15-51-28-25(38)23(36)22(35)24(37)26(28)39)43-31(48)27(16-9-7-6-8-10-16)41-32(49)29(33(2,3)4)42-30(47)17-11-12-19(40)18(34)13-17/h6-13,27,29H,5,14-15,40H2,1-4H3,(H,41,49)(H,42,47)(H,43,48)/t27?,29-/m1/s1. The van der Waals surface area contributed by atoms with Crippen LogP contribution in [0, 0.1) is 34.5 Å². The zero-order chi connectivity index (χ0) is 38.2. The van der Waals surface area contributed by atoms with Crippen LogP contribution in [-0.4, -0.2) is 60.4 Å². The summed E-state index contributed by atoms with van der Waals surface area (Å²) in [5.74, 6) is -18.8. The second kappa shape index (κ2) is 17.0. The summed E-state index contributed by atoms with van der Waals surface area (Å²) in [4.78, 5) is 66.0. The number of rotatable bonds is 12. The van der Waals surface area contributed by atoms with Gasteiger partial charge in [-0.2, -0.15) is 8.78 Å². The van der Waals surface area contributed by atoms with Gasteiger partial charge in [-0.05, 0) is 36.1 Å². The number of nitrogens with zero attached hydrogens (tertiary/aromatic N) is 1. The third-order valence-electron chi connectivity index (χ3n) is 7.00. The molecule has 51 heavy (non-hydrogen) atoms. The summed E-state index contributed by atoms with van der Waals surface area (Å²) < 4.78 is 78.5. The molecule has 12 nitrogen and oxygen atoms in total. The Bertz CT molecular complexity index is 1780. The molecule has 0 aromatic heterocycles. The van der Waals surface area contributed by atoms with Crippen LogP contribution in [0.1, 0.15) is 49.7 Å². The molecule has 1 unspecified atom stereocenters. The zero-order valence-corrected chi connectivity index (χ0v) is 28.3. The summed E-state index contributed by atoms with van der Waals surface area (Å²) in [5.41, 5.74) is 7.32. The number of benzene rings is 3. The molecule has 0 bridgehead atoms. The minimum absolute atomic E-state index is 0.0785. The summed E-state index contributed by atoms with van der Waals surface area (Å²) in [6.45, 7) is 3.72. The molecule has 0 radical (unpaired) electrons. The van der Waals surface area contributed by atoms with Gasteiger partial charge in [0, 0.05) is 5.56 Å². The number of halogens is 6. The fourth-order valence-electron chi connectivity index (χ4n) is 4.38. The van der Waals surface area contributed by atoms with E-state index in [4.69, 9.17) is 22.1 Å². The van der Waals surface area contributed by atoms with Crippen LogP contribution < -0.4 is 26.5 Å². The number of nitrogens with one attached hydrogen (secondary N) is 3. The van der Waals surface area contributed by atoms with Gasteiger partial charge in [-0.1, -0.05) is 62.7 Å². The summed E-state index contributed by atoms with van der Waals surface area (Å²) in [7, 11) is 0. The Balaban J connectivity index is 1.91. The Morgan fingerprint density at radius 1 is 0.863 bits per heavy atom. The van der Waals surface area contributed by atoms with E-state index in [9.17, 15) is 45.9 Å². The highest BCUT2D eigenvalue weighted by Crippen LogP contribution is 2.29. The number of hydrogen-bond donors (Lipinski definition) is 4. The predicted octanol–water partition coefficient (Wildman–Crippen LogP) is 4.12. The summed E-state index contributed by atoms with van der Waals surface area (Å²) in [6, 6.07) is 8.72. The lowest BCUT2D eigenvalue weighted by Gasteiger charge is -2.32. The van der Waals surface area contributed by atoms with Crippen molar-refractivity contribution in [1.82, 2.24) is 21.1 Å². The summed E-state index contributed by atoms with van der Waals surface area (Å²) in [6.07, 6.45) is 0. The van der Waals surface area contributed by atoms with E-state index in [1.807, 2.05) is 0 Å². The number of carbonyl (C=O) groups excluding carboxylic acids is 5. The highest BCUT2D eigenvalue weighted by atomic mass is 35.5. The molecule has 4 amide bonds. The average Bonchev–Trinajstić information content (AvgIpc) is 3.08. The molecule has 0 aliphatic carbocycles. The SMILES string of the molecule is CCOC(=O)CN(NC(=O)C(NC(=O)[C@@H](NC(=O)c1ccc(N)c(Cl)c1)C(C)(C)C)c1ccccc1)C(=O)COc1c(F)c(F)c(F)c(F)c1F. The van der Waals surface area contributed by atoms with Crippen LogP contribution in [0.2, 0.25) is 5.02 Å². The molecule has 0 spiro atoms. The van der Waals surface area contributed by atoms with E-state index < -0.39 is 95.1 Å². The van der Waals surface area contributed by atoms with Gasteiger partial charge in [0.1, 0.15) is 18.6 Å². The first-order chi connectivity index (χ1) is 23.9. The Morgan fingerprint density at radius 2 is 1.45 bits per heavy atom. The van der Waals surface area contributed by atoms with Gasteiger partial charge in [-0.25, -0.2) is 18.2 Å². The topological polar surface area (TPSA) is 169 Å². The first-order valence-corrected chi connectivity index (χ1v) is 15.4. The zero-order valence-electron chi connectivity index (χ0n) is 27.5. The van der Waals surface area contributed by atoms with Gasteiger partial charge >= 0.3 is 5.97 Å². The van der Waals surface area contributed by atoms with Crippen LogP contribution >= 0.6 is 11.6 Å². The highest BCUT2D eigenvalue weighted by Gasteiger charge is 2.37. The number of carbonyl (C=O) groups is 5. The maximum Gasteiger partial charge on any atom is 0.327 e. The molecule has 0 saturated heterocycles. The lowest BCUT2D eigenvalue weighted by Crippen LogP contribution is -2.57. The van der Waals surface area contributed by atoms with Crippen molar-refractivity contribution in [1.29, 1.82) is 0 Å². The van der Waals surface area contributed by atoms with Gasteiger partial charge in [-0.15, -0.1) is 0 Å². The Labute approximate surface area is 293 Å². The number of anilines is 1. The Hall–Kier alpha value is -5.45. The van der Waals surface area contributed by atoms with Crippen LogP contribution in [-0.2, 0) is 23.9 Å². The fraction of sp³-hybridized carbons (Fsp3) is 0.303. The van der Waals surface area contributed by atoms with Gasteiger partial charge in [-0.3, -0.25) is 29.4 Å². The van der Waals surface area contributed by atoms with E-state index in [2.05, 4.69) is 20.8 Å². The Morgan fingerprint density at radius 3 is 2.00 bits per heavy atom. The number of nitrogen functional groups attached to an aromatic ring is 1. The number of hydrazine groups is 1. The van der Waals surface area contributed by atoms with Crippen molar-refractivity contribution in [2.45, 2.75) is 39.8 Å². The van der Waals surface area contributed by atoms with Crippen molar-refractivity contribution >= 4 is 46.9 Å². The highest BCUT2D eigenvalue weighted by molar-refractivity contribution is 6.33. The normalized spacial score (nSPS) is 12.3. The van der Waals surface area contributed by atoms with Crippen LogP contribution in [0.15, 0.2) is 48.5 Å². The predicted molar refractivity (Wildman–Crippen MR) is 172 cm³/mol.